The van der Waals surface area contributed by atoms with Gasteiger partial charge in [-0.05, 0) is 24.3 Å². The lowest BCUT2D eigenvalue weighted by atomic mass is 10.1. The quantitative estimate of drug-likeness (QED) is 0.756. The number of carbonyl (C=O) groups is 1. The van der Waals surface area contributed by atoms with E-state index in [1.54, 1.807) is 31.4 Å². The van der Waals surface area contributed by atoms with E-state index in [1.165, 1.54) is 0 Å². The van der Waals surface area contributed by atoms with Crippen LogP contribution in [0.4, 0.5) is 0 Å². The molecular weight excluding hydrogens is 228 g/mol. The predicted molar refractivity (Wildman–Crippen MR) is 69.3 cm³/mol. The van der Waals surface area contributed by atoms with Crippen LogP contribution in [0.2, 0.25) is 0 Å². The van der Waals surface area contributed by atoms with Gasteiger partial charge in [0.25, 0.3) is 0 Å². The molecule has 0 bridgehead atoms. The highest BCUT2D eigenvalue weighted by molar-refractivity contribution is 5.97. The molecule has 92 valence electrons. The second-order valence-corrected chi connectivity index (χ2v) is 3.76. The van der Waals surface area contributed by atoms with Gasteiger partial charge in [0, 0.05) is 5.56 Å². The van der Waals surface area contributed by atoms with Crippen LogP contribution in [-0.4, -0.2) is 19.5 Å². The van der Waals surface area contributed by atoms with Crippen LogP contribution in [0.3, 0.4) is 0 Å². The van der Waals surface area contributed by atoms with Gasteiger partial charge in [-0.25, -0.2) is 0 Å². The lowest BCUT2D eigenvalue weighted by Gasteiger charge is -2.06. The molecule has 0 aliphatic heterocycles. The molecule has 3 nitrogen and oxygen atoms in total. The topological polar surface area (TPSA) is 35.5 Å². The van der Waals surface area contributed by atoms with Gasteiger partial charge in [-0.3, -0.25) is 4.79 Å². The van der Waals surface area contributed by atoms with Gasteiger partial charge >= 0.3 is 0 Å². The minimum atomic E-state index is -0.0715. The fraction of sp³-hybridized carbons (Fsp3) is 0.133. The fourth-order valence-electron chi connectivity index (χ4n) is 1.55. The number of rotatable bonds is 5. The Bertz CT molecular complexity index is 520. The van der Waals surface area contributed by atoms with Crippen molar-refractivity contribution in [2.45, 2.75) is 0 Å². The SMILES string of the molecule is COc1cccc(C(=O)COc2ccccc2)c1. The lowest BCUT2D eigenvalue weighted by molar-refractivity contribution is 0.0921. The van der Waals surface area contributed by atoms with E-state index in [0.717, 1.165) is 0 Å². The van der Waals surface area contributed by atoms with E-state index in [0.29, 0.717) is 17.1 Å². The molecule has 2 aromatic rings. The first-order valence-corrected chi connectivity index (χ1v) is 5.64. The molecule has 2 aromatic carbocycles. The van der Waals surface area contributed by atoms with Gasteiger partial charge in [0.1, 0.15) is 11.5 Å². The Morgan fingerprint density at radius 2 is 1.72 bits per heavy atom. The van der Waals surface area contributed by atoms with Gasteiger partial charge in [-0.15, -0.1) is 0 Å². The third kappa shape index (κ3) is 3.10. The predicted octanol–water partition coefficient (Wildman–Crippen LogP) is 2.96. The molecule has 0 atom stereocenters. The van der Waals surface area contributed by atoms with Gasteiger partial charge in [0.15, 0.2) is 12.4 Å². The summed E-state index contributed by atoms with van der Waals surface area (Å²) in [7, 11) is 1.57. The van der Waals surface area contributed by atoms with Gasteiger partial charge in [0.2, 0.25) is 0 Å². The molecule has 2 rings (SSSR count). The van der Waals surface area contributed by atoms with E-state index >= 15 is 0 Å². The number of carbonyl (C=O) groups excluding carboxylic acids is 1. The van der Waals surface area contributed by atoms with Crippen molar-refractivity contribution in [1.82, 2.24) is 0 Å². The number of ketones is 1. The Balaban J connectivity index is 1.99. The third-order valence-electron chi connectivity index (χ3n) is 2.50. The monoisotopic (exact) mass is 242 g/mol. The highest BCUT2D eigenvalue weighted by Crippen LogP contribution is 2.14. The number of hydrogen-bond acceptors (Lipinski definition) is 3. The first kappa shape index (κ1) is 12.2. The van der Waals surface area contributed by atoms with Gasteiger partial charge in [0.05, 0.1) is 7.11 Å². The Morgan fingerprint density at radius 3 is 2.44 bits per heavy atom. The molecule has 0 spiro atoms. The molecular formula is C15H14O3. The smallest absolute Gasteiger partial charge is 0.200 e. The number of ether oxygens (including phenoxy) is 2. The molecule has 0 saturated heterocycles. The first-order valence-electron chi connectivity index (χ1n) is 5.64. The number of methoxy groups -OCH3 is 1. The average molecular weight is 242 g/mol. The summed E-state index contributed by atoms with van der Waals surface area (Å²) in [4.78, 5) is 11.9. The van der Waals surface area contributed by atoms with E-state index in [1.807, 2.05) is 30.3 Å². The minimum absolute atomic E-state index is 0.0250. The Labute approximate surface area is 106 Å². The summed E-state index contributed by atoms with van der Waals surface area (Å²) in [5.74, 6) is 1.28. The summed E-state index contributed by atoms with van der Waals surface area (Å²) >= 11 is 0. The van der Waals surface area contributed by atoms with Crippen molar-refractivity contribution in [3.05, 3.63) is 60.2 Å². The largest absolute Gasteiger partial charge is 0.497 e. The summed E-state index contributed by atoms with van der Waals surface area (Å²) in [6.07, 6.45) is 0. The molecule has 3 heteroatoms. The molecule has 0 aliphatic carbocycles. The number of para-hydroxylation sites is 1. The van der Waals surface area contributed by atoms with E-state index < -0.39 is 0 Å². The Morgan fingerprint density at radius 1 is 1.00 bits per heavy atom. The van der Waals surface area contributed by atoms with E-state index in [2.05, 4.69) is 0 Å². The molecule has 0 amide bonds. The van der Waals surface area contributed by atoms with Crippen molar-refractivity contribution >= 4 is 5.78 Å². The van der Waals surface area contributed by atoms with E-state index in [4.69, 9.17) is 9.47 Å². The van der Waals surface area contributed by atoms with Gasteiger partial charge < -0.3 is 9.47 Å². The van der Waals surface area contributed by atoms with Crippen LogP contribution >= 0.6 is 0 Å². The maximum atomic E-state index is 11.9. The molecule has 0 aromatic heterocycles. The molecule has 0 heterocycles. The zero-order valence-electron chi connectivity index (χ0n) is 10.1. The van der Waals surface area contributed by atoms with Crippen molar-refractivity contribution in [3.63, 3.8) is 0 Å². The van der Waals surface area contributed by atoms with Crippen molar-refractivity contribution in [2.24, 2.45) is 0 Å². The third-order valence-corrected chi connectivity index (χ3v) is 2.50. The van der Waals surface area contributed by atoms with Crippen LogP contribution in [0.5, 0.6) is 11.5 Å². The summed E-state index contributed by atoms with van der Waals surface area (Å²) in [5.41, 5.74) is 0.588. The standard InChI is InChI=1S/C15H14O3/c1-17-14-9-5-6-12(10-14)15(16)11-18-13-7-3-2-4-8-13/h2-10H,11H2,1H3. The minimum Gasteiger partial charge on any atom is -0.497 e. The zero-order valence-corrected chi connectivity index (χ0v) is 10.1. The zero-order chi connectivity index (χ0) is 12.8. The summed E-state index contributed by atoms with van der Waals surface area (Å²) < 4.78 is 10.5. The molecule has 18 heavy (non-hydrogen) atoms. The fourth-order valence-corrected chi connectivity index (χ4v) is 1.55. The van der Waals surface area contributed by atoms with Crippen molar-refractivity contribution in [1.29, 1.82) is 0 Å². The summed E-state index contributed by atoms with van der Waals surface area (Å²) in [5, 5.41) is 0. The van der Waals surface area contributed by atoms with Crippen LogP contribution in [0.25, 0.3) is 0 Å². The van der Waals surface area contributed by atoms with E-state index in [-0.39, 0.29) is 12.4 Å². The average Bonchev–Trinajstić information content (AvgIpc) is 2.46. The summed E-state index contributed by atoms with van der Waals surface area (Å²) in [6.45, 7) is 0.0250. The normalized spacial score (nSPS) is 9.83. The lowest BCUT2D eigenvalue weighted by Crippen LogP contribution is -2.11. The highest BCUT2D eigenvalue weighted by atomic mass is 16.5. The summed E-state index contributed by atoms with van der Waals surface area (Å²) in [6, 6.07) is 16.3. The maximum Gasteiger partial charge on any atom is 0.200 e. The molecule has 0 saturated carbocycles. The van der Waals surface area contributed by atoms with Crippen LogP contribution in [-0.2, 0) is 0 Å². The van der Waals surface area contributed by atoms with Crippen molar-refractivity contribution in [2.75, 3.05) is 13.7 Å². The van der Waals surface area contributed by atoms with Gasteiger partial charge in [-0.2, -0.15) is 0 Å². The van der Waals surface area contributed by atoms with Gasteiger partial charge in [-0.1, -0.05) is 30.3 Å². The second kappa shape index (κ2) is 5.87. The molecule has 0 fully saturated rings. The van der Waals surface area contributed by atoms with Crippen LogP contribution < -0.4 is 9.47 Å². The maximum absolute atomic E-state index is 11.9. The number of benzene rings is 2. The molecule has 0 unspecified atom stereocenters. The van der Waals surface area contributed by atoms with Crippen LogP contribution in [0.1, 0.15) is 10.4 Å². The van der Waals surface area contributed by atoms with E-state index in [9.17, 15) is 4.79 Å². The first-order chi connectivity index (χ1) is 8.79. The number of hydrogen-bond donors (Lipinski definition) is 0. The van der Waals surface area contributed by atoms with Crippen LogP contribution in [0.15, 0.2) is 54.6 Å². The molecule has 0 N–H and O–H groups in total. The van der Waals surface area contributed by atoms with Crippen molar-refractivity contribution in [3.8, 4) is 11.5 Å². The second-order valence-electron chi connectivity index (χ2n) is 3.76. The molecule has 0 radical (unpaired) electrons. The molecule has 0 aliphatic rings. The van der Waals surface area contributed by atoms with Crippen LogP contribution in [0, 0.1) is 0 Å². The highest BCUT2D eigenvalue weighted by Gasteiger charge is 2.07. The number of Topliss-reactive ketones (excluding diaryl/α,β-unsaturated/α-hetero) is 1. The van der Waals surface area contributed by atoms with Crippen molar-refractivity contribution < 1.29 is 14.3 Å². The Hall–Kier alpha value is -2.29. The Kier molecular flexibility index (Phi) is 3.97.